The van der Waals surface area contributed by atoms with Crippen LogP contribution >= 0.6 is 0 Å². The summed E-state index contributed by atoms with van der Waals surface area (Å²) in [4.78, 5) is 0. The molecule has 0 atom stereocenters. The highest BCUT2D eigenvalue weighted by Crippen LogP contribution is 2.36. The Kier molecular flexibility index (Phi) is 4.32. The van der Waals surface area contributed by atoms with Gasteiger partial charge in [0, 0.05) is 26.7 Å². The summed E-state index contributed by atoms with van der Waals surface area (Å²) in [7, 11) is -0.986. The largest absolute Gasteiger partial charge is 0.416 e. The van der Waals surface area contributed by atoms with Crippen molar-refractivity contribution in [2.24, 2.45) is 0 Å². The van der Waals surface area contributed by atoms with Gasteiger partial charge in [0.15, 0.2) is 0 Å². The average molecular weight is 322 g/mol. The number of benzene rings is 1. The number of nitrogens with zero attached hydrogens (tertiary/aromatic N) is 2. The van der Waals surface area contributed by atoms with Crippen LogP contribution in [0, 0.1) is 0 Å². The normalized spacial score (nSPS) is 16.7. The summed E-state index contributed by atoms with van der Waals surface area (Å²) >= 11 is 0. The van der Waals surface area contributed by atoms with Gasteiger partial charge in [0.05, 0.1) is 5.56 Å². The molecular formula is C13H17F3N2O2S. The Labute approximate surface area is 122 Å². The van der Waals surface area contributed by atoms with E-state index in [9.17, 15) is 21.6 Å². The molecule has 1 aromatic carbocycles. The number of hydrogen-bond acceptors (Lipinski definition) is 2. The molecule has 1 saturated carbocycles. The first-order valence-electron chi connectivity index (χ1n) is 6.48. The molecule has 1 aromatic rings. The van der Waals surface area contributed by atoms with E-state index < -0.39 is 21.9 Å². The van der Waals surface area contributed by atoms with Crippen LogP contribution in [-0.2, 0) is 22.9 Å². The van der Waals surface area contributed by atoms with Crippen molar-refractivity contribution in [3.05, 3.63) is 35.4 Å². The van der Waals surface area contributed by atoms with E-state index in [4.69, 9.17) is 0 Å². The van der Waals surface area contributed by atoms with Crippen molar-refractivity contribution in [3.63, 3.8) is 0 Å². The number of halogens is 3. The fourth-order valence-electron chi connectivity index (χ4n) is 2.07. The van der Waals surface area contributed by atoms with Gasteiger partial charge in [-0.1, -0.05) is 18.2 Å². The zero-order valence-electron chi connectivity index (χ0n) is 11.8. The molecule has 1 aliphatic carbocycles. The smallest absolute Gasteiger partial charge is 0.195 e. The molecule has 0 heterocycles. The van der Waals surface area contributed by atoms with Crippen LogP contribution in [0.25, 0.3) is 0 Å². The maximum Gasteiger partial charge on any atom is 0.416 e. The van der Waals surface area contributed by atoms with Gasteiger partial charge in [0.1, 0.15) is 0 Å². The topological polar surface area (TPSA) is 40.6 Å². The molecule has 0 spiro atoms. The predicted molar refractivity (Wildman–Crippen MR) is 72.6 cm³/mol. The molecule has 2 rings (SSSR count). The quantitative estimate of drug-likeness (QED) is 0.835. The van der Waals surface area contributed by atoms with Gasteiger partial charge in [0.25, 0.3) is 10.2 Å². The van der Waals surface area contributed by atoms with E-state index in [2.05, 4.69) is 0 Å². The summed E-state index contributed by atoms with van der Waals surface area (Å²) in [5, 5.41) is 0. The van der Waals surface area contributed by atoms with Crippen molar-refractivity contribution in [2.45, 2.75) is 31.6 Å². The van der Waals surface area contributed by atoms with Crippen LogP contribution in [0.1, 0.15) is 24.0 Å². The Morgan fingerprint density at radius 3 is 2.24 bits per heavy atom. The molecule has 4 nitrogen and oxygen atoms in total. The summed E-state index contributed by atoms with van der Waals surface area (Å²) in [6, 6.07) is 4.87. The van der Waals surface area contributed by atoms with Crippen molar-refractivity contribution >= 4 is 10.2 Å². The number of hydrogen-bond donors (Lipinski definition) is 0. The van der Waals surface area contributed by atoms with Gasteiger partial charge in [-0.15, -0.1) is 0 Å². The summed E-state index contributed by atoms with van der Waals surface area (Å²) in [6.07, 6.45) is -3.13. The molecule has 8 heteroatoms. The molecule has 0 saturated heterocycles. The van der Waals surface area contributed by atoms with Crippen LogP contribution < -0.4 is 0 Å². The molecule has 0 aromatic heterocycles. The maximum absolute atomic E-state index is 13.0. The lowest BCUT2D eigenvalue weighted by Gasteiger charge is -2.26. The van der Waals surface area contributed by atoms with E-state index in [0.717, 1.165) is 14.7 Å². The van der Waals surface area contributed by atoms with Crippen molar-refractivity contribution in [3.8, 4) is 0 Å². The van der Waals surface area contributed by atoms with Gasteiger partial charge in [-0.3, -0.25) is 0 Å². The molecule has 0 radical (unpaired) electrons. The fraction of sp³-hybridized carbons (Fsp3) is 0.538. The lowest BCUT2D eigenvalue weighted by atomic mass is 10.1. The highest BCUT2D eigenvalue weighted by atomic mass is 32.2. The SMILES string of the molecule is CN(C)S(=O)(=O)N(Cc1ccccc1C(F)(F)F)C1CC1. The summed E-state index contributed by atoms with van der Waals surface area (Å²) < 4.78 is 65.7. The van der Waals surface area contributed by atoms with Crippen LogP contribution in [0.3, 0.4) is 0 Å². The van der Waals surface area contributed by atoms with Gasteiger partial charge >= 0.3 is 6.18 Å². The first-order valence-corrected chi connectivity index (χ1v) is 7.88. The molecule has 0 unspecified atom stereocenters. The molecular weight excluding hydrogens is 305 g/mol. The Morgan fingerprint density at radius 2 is 1.76 bits per heavy atom. The monoisotopic (exact) mass is 322 g/mol. The second kappa shape index (κ2) is 5.58. The molecule has 0 aliphatic heterocycles. The van der Waals surface area contributed by atoms with Gasteiger partial charge in [-0.2, -0.15) is 30.2 Å². The summed E-state index contributed by atoms with van der Waals surface area (Å²) in [6.45, 7) is -0.263. The third-order valence-electron chi connectivity index (χ3n) is 3.36. The van der Waals surface area contributed by atoms with Gasteiger partial charge in [0.2, 0.25) is 0 Å². The van der Waals surface area contributed by atoms with Crippen LogP contribution in [0.4, 0.5) is 13.2 Å². The van der Waals surface area contributed by atoms with Crippen LogP contribution in [0.15, 0.2) is 24.3 Å². The Morgan fingerprint density at radius 1 is 1.19 bits per heavy atom. The summed E-state index contributed by atoms with van der Waals surface area (Å²) in [5.74, 6) is 0. The van der Waals surface area contributed by atoms with E-state index in [1.165, 1.54) is 32.3 Å². The highest BCUT2D eigenvalue weighted by molar-refractivity contribution is 7.86. The minimum absolute atomic E-state index is 0.0256. The maximum atomic E-state index is 13.0. The predicted octanol–water partition coefficient (Wildman–Crippen LogP) is 2.48. The van der Waals surface area contributed by atoms with Crippen molar-refractivity contribution < 1.29 is 21.6 Å². The van der Waals surface area contributed by atoms with E-state index in [1.54, 1.807) is 0 Å². The third-order valence-corrected chi connectivity index (χ3v) is 5.30. The second-order valence-electron chi connectivity index (χ2n) is 5.22. The van der Waals surface area contributed by atoms with Crippen LogP contribution in [-0.4, -0.2) is 37.2 Å². The Balaban J connectivity index is 2.35. The van der Waals surface area contributed by atoms with Gasteiger partial charge in [-0.05, 0) is 24.5 Å². The Hall–Kier alpha value is -1.12. The zero-order valence-corrected chi connectivity index (χ0v) is 12.6. The second-order valence-corrected chi connectivity index (χ2v) is 7.32. The van der Waals surface area contributed by atoms with Gasteiger partial charge < -0.3 is 0 Å². The van der Waals surface area contributed by atoms with Crippen LogP contribution in [0.2, 0.25) is 0 Å². The summed E-state index contributed by atoms with van der Waals surface area (Å²) in [5.41, 5.74) is -0.813. The minimum atomic E-state index is -4.49. The van der Waals surface area contributed by atoms with Crippen molar-refractivity contribution in [1.82, 2.24) is 8.61 Å². The third kappa shape index (κ3) is 3.56. The standard InChI is InChI=1S/C13H17F3N2O2S/c1-17(2)21(19,20)18(11-7-8-11)9-10-5-3-4-6-12(10)13(14,15)16/h3-6,11H,7-9H2,1-2H3. The molecule has 118 valence electrons. The molecule has 0 amide bonds. The van der Waals surface area contributed by atoms with Crippen molar-refractivity contribution in [2.75, 3.05) is 14.1 Å². The molecule has 1 aliphatic rings. The number of rotatable bonds is 5. The van der Waals surface area contributed by atoms with E-state index in [-0.39, 0.29) is 18.2 Å². The fourth-order valence-corrected chi connectivity index (χ4v) is 3.38. The van der Waals surface area contributed by atoms with Gasteiger partial charge in [-0.25, -0.2) is 0 Å². The van der Waals surface area contributed by atoms with Crippen LogP contribution in [0.5, 0.6) is 0 Å². The minimum Gasteiger partial charge on any atom is -0.195 e. The van der Waals surface area contributed by atoms with E-state index in [0.29, 0.717) is 12.8 Å². The molecule has 0 bridgehead atoms. The lowest BCUT2D eigenvalue weighted by molar-refractivity contribution is -0.138. The first kappa shape index (κ1) is 16.3. The molecule has 0 N–H and O–H groups in total. The number of alkyl halides is 3. The van der Waals surface area contributed by atoms with E-state index >= 15 is 0 Å². The van der Waals surface area contributed by atoms with E-state index in [1.807, 2.05) is 0 Å². The first-order chi connectivity index (χ1) is 9.64. The molecule has 21 heavy (non-hydrogen) atoms. The zero-order chi connectivity index (χ0) is 15.8. The molecule has 1 fully saturated rings. The Bertz CT molecular complexity index is 610. The average Bonchev–Trinajstić information content (AvgIpc) is 3.19. The van der Waals surface area contributed by atoms with Crippen molar-refractivity contribution in [1.29, 1.82) is 0 Å². The highest BCUT2D eigenvalue weighted by Gasteiger charge is 2.40. The lowest BCUT2D eigenvalue weighted by Crippen LogP contribution is -2.41.